The van der Waals surface area contributed by atoms with Crippen molar-refractivity contribution in [1.29, 1.82) is 0 Å². The number of carboxylic acids is 2. The van der Waals surface area contributed by atoms with E-state index in [0.29, 0.717) is 0 Å². The Hall–Kier alpha value is 0.110. The van der Waals surface area contributed by atoms with Crippen LogP contribution in [0.15, 0.2) is 0 Å². The predicted octanol–water partition coefficient (Wildman–Crippen LogP) is 12.9. The minimum atomic E-state index is -4.84. The summed E-state index contributed by atoms with van der Waals surface area (Å²) in [5.41, 5.74) is 0. The van der Waals surface area contributed by atoms with Gasteiger partial charge in [0.05, 0.1) is 6.42 Å². The van der Waals surface area contributed by atoms with Gasteiger partial charge in [0.2, 0.25) is 0 Å². The van der Waals surface area contributed by atoms with Crippen LogP contribution in [0.1, 0.15) is 226 Å². The van der Waals surface area contributed by atoms with Crippen molar-refractivity contribution in [2.24, 2.45) is 0 Å². The number of carbonyl (C=O) groups is 2. The second-order valence-electron chi connectivity index (χ2n) is 14.6. The fourth-order valence-corrected chi connectivity index (χ4v) is 9.83. The number of carboxylic acid groups (broad SMARTS) is 2. The number of unbranched alkanes of at least 4 members (excludes halogenated alkanes) is 30. The van der Waals surface area contributed by atoms with Crippen molar-refractivity contribution in [3.05, 3.63) is 0 Å². The second-order valence-corrected chi connectivity index (χ2v) is 19.5. The first kappa shape index (κ1) is 51.2. The van der Waals surface area contributed by atoms with Crippen LogP contribution < -0.4 is 0 Å². The van der Waals surface area contributed by atoms with Crippen molar-refractivity contribution in [2.45, 2.75) is 236 Å². The molecule has 0 aliphatic rings. The van der Waals surface area contributed by atoms with E-state index in [4.69, 9.17) is 14.8 Å². The molecule has 9 heteroatoms. The number of rotatable bonds is 38. The van der Waals surface area contributed by atoms with Crippen molar-refractivity contribution in [1.82, 2.24) is 0 Å². The molecule has 0 aliphatic heterocycles. The maximum atomic E-state index is 10.2. The van der Waals surface area contributed by atoms with Crippen LogP contribution in [0.3, 0.4) is 0 Å². The average Bonchev–Trinajstić information content (AvgIpc) is 3.05. The summed E-state index contributed by atoms with van der Waals surface area (Å²) < 4.78 is 32.0. The Morgan fingerprint density at radius 1 is 0.449 bits per heavy atom. The minimum Gasteiger partial charge on any atom is -0.481 e. The SMILES string of the molecule is CCCCCCCCCCCCCCCCC[CH2][Ca][CH2]CCCCCCCCCCCCCCCCC.O=C(O)CC(C(=O)O)S(=O)(=O)O. The van der Waals surface area contributed by atoms with Crippen LogP contribution in [0.2, 0.25) is 5.04 Å². The van der Waals surface area contributed by atoms with Gasteiger partial charge in [-0.15, -0.1) is 0 Å². The third kappa shape index (κ3) is 44.2. The van der Waals surface area contributed by atoms with Crippen LogP contribution in [0, 0.1) is 0 Å². The summed E-state index contributed by atoms with van der Waals surface area (Å²) in [6.07, 6.45) is 46.7. The van der Waals surface area contributed by atoms with Gasteiger partial charge in [-0.25, -0.2) is 0 Å². The summed E-state index contributed by atoms with van der Waals surface area (Å²) in [5.74, 6) is -3.50. The summed E-state index contributed by atoms with van der Waals surface area (Å²) in [5, 5.41) is 13.9. The zero-order valence-corrected chi connectivity index (χ0v) is 35.4. The van der Waals surface area contributed by atoms with Gasteiger partial charge in [0.25, 0.3) is 10.1 Å². The van der Waals surface area contributed by atoms with E-state index in [9.17, 15) is 18.0 Å². The molecule has 0 aromatic rings. The van der Waals surface area contributed by atoms with Gasteiger partial charge in [-0.3, -0.25) is 14.1 Å². The Balaban J connectivity index is 0. The van der Waals surface area contributed by atoms with Crippen LogP contribution in [-0.2, 0) is 19.7 Å². The Bertz CT molecular complexity index is 772. The summed E-state index contributed by atoms with van der Waals surface area (Å²) in [4.78, 5) is 20.0. The van der Waals surface area contributed by atoms with Gasteiger partial charge in [0.1, 0.15) is 0 Å². The van der Waals surface area contributed by atoms with Gasteiger partial charge >= 0.3 is 192 Å². The van der Waals surface area contributed by atoms with Crippen LogP contribution in [0.25, 0.3) is 0 Å². The van der Waals surface area contributed by atoms with E-state index in [1.807, 2.05) is 0 Å². The number of aliphatic carboxylic acids is 2. The Morgan fingerprint density at radius 2 is 0.673 bits per heavy atom. The van der Waals surface area contributed by atoms with Crippen LogP contribution in [0.4, 0.5) is 0 Å². The van der Waals surface area contributed by atoms with Gasteiger partial charge < -0.3 is 10.2 Å². The molecule has 0 spiro atoms. The molecule has 7 nitrogen and oxygen atoms in total. The van der Waals surface area contributed by atoms with Crippen molar-refractivity contribution in [3.63, 3.8) is 0 Å². The molecule has 0 rings (SSSR count). The van der Waals surface area contributed by atoms with Crippen molar-refractivity contribution in [2.75, 3.05) is 0 Å². The normalized spacial score (nSPS) is 11.9. The van der Waals surface area contributed by atoms with Crippen LogP contribution in [0.5, 0.6) is 0 Å². The first-order chi connectivity index (χ1) is 23.7. The molecule has 49 heavy (non-hydrogen) atoms. The van der Waals surface area contributed by atoms with Crippen LogP contribution >= 0.6 is 0 Å². The first-order valence-electron chi connectivity index (χ1n) is 21.1. The Morgan fingerprint density at radius 3 is 0.837 bits per heavy atom. The minimum absolute atomic E-state index is 0.143. The molecule has 0 radical (unpaired) electrons. The van der Waals surface area contributed by atoms with Crippen molar-refractivity contribution < 1.29 is 32.8 Å². The fourth-order valence-electron chi connectivity index (χ4n) is 6.46. The molecule has 0 saturated heterocycles. The molecule has 0 bridgehead atoms. The molecule has 0 amide bonds. The number of hydrogen-bond acceptors (Lipinski definition) is 4. The molecule has 0 saturated carbocycles. The van der Waals surface area contributed by atoms with Gasteiger partial charge in [-0.2, -0.15) is 8.42 Å². The van der Waals surface area contributed by atoms with Gasteiger partial charge in [0, 0.05) is 0 Å². The molecule has 0 fully saturated rings. The second kappa shape index (κ2) is 40.9. The Kier molecular flexibility index (Phi) is 42.7. The molecule has 3 N–H and O–H groups in total. The zero-order chi connectivity index (χ0) is 36.7. The molecular formula is C40H80CaO7S. The van der Waals surface area contributed by atoms with Crippen molar-refractivity contribution in [3.8, 4) is 0 Å². The van der Waals surface area contributed by atoms with E-state index in [2.05, 4.69) is 13.8 Å². The topological polar surface area (TPSA) is 129 Å². The third-order valence-electron chi connectivity index (χ3n) is 9.70. The molecule has 0 aliphatic carbocycles. The molecule has 1 atom stereocenters. The van der Waals surface area contributed by atoms with Crippen molar-refractivity contribution >= 4 is 55.9 Å². The van der Waals surface area contributed by atoms with E-state index in [1.54, 1.807) is 30.7 Å². The molecular weight excluding hydrogens is 665 g/mol. The van der Waals surface area contributed by atoms with Crippen LogP contribution in [-0.4, -0.2) is 74.2 Å². The molecule has 0 aromatic heterocycles. The zero-order valence-electron chi connectivity index (χ0n) is 32.4. The molecule has 0 aromatic carbocycles. The summed E-state index contributed by atoms with van der Waals surface area (Å²) in [6, 6.07) is 0. The Labute approximate surface area is 322 Å². The molecule has 1 unspecified atom stereocenters. The first-order valence-corrected chi connectivity index (χ1v) is 25.7. The summed E-state index contributed by atoms with van der Waals surface area (Å²) in [6.45, 7) is 4.62. The van der Waals surface area contributed by atoms with Gasteiger partial charge in [-0.1, -0.05) is 78.1 Å². The fraction of sp³-hybridized carbons (Fsp3) is 0.950. The molecule has 0 heterocycles. The molecule has 290 valence electrons. The van der Waals surface area contributed by atoms with E-state index in [-0.39, 0.29) is 33.8 Å². The van der Waals surface area contributed by atoms with E-state index in [0.717, 1.165) is 0 Å². The van der Waals surface area contributed by atoms with E-state index in [1.165, 1.54) is 180 Å². The quantitative estimate of drug-likeness (QED) is 0.0326. The summed E-state index contributed by atoms with van der Waals surface area (Å²) in [7, 11) is -4.84. The average molecular weight is 745 g/mol. The standard InChI is InChI=1S/2C18H37.C4H6O7S.Ca/c2*1-3-5-7-9-11-13-15-17-18-16-14-12-10-8-6-4-2;5-3(6)1-2(4(7)8)12(9,10)11;/h2*1,3-18H2,2H3;2H,1H2,(H,5,6)(H,7,8)(H,9,10,11);. The third-order valence-corrected chi connectivity index (χ3v) is 13.9. The maximum absolute atomic E-state index is 10.2. The smallest absolute Gasteiger partial charge is 0.481 e. The number of hydrogen-bond donors (Lipinski definition) is 3. The predicted molar refractivity (Wildman–Crippen MR) is 210 cm³/mol. The monoisotopic (exact) mass is 745 g/mol. The van der Waals surface area contributed by atoms with E-state index >= 15 is 0 Å². The van der Waals surface area contributed by atoms with Gasteiger partial charge in [-0.05, 0) is 0 Å². The summed E-state index contributed by atoms with van der Waals surface area (Å²) >= 11 is -0.143. The van der Waals surface area contributed by atoms with E-state index < -0.39 is 33.7 Å². The van der Waals surface area contributed by atoms with Gasteiger partial charge in [0.15, 0.2) is 5.25 Å².